The van der Waals surface area contributed by atoms with Gasteiger partial charge in [0.25, 0.3) is 0 Å². The first kappa shape index (κ1) is 28.6. The third kappa shape index (κ3) is 6.31. The van der Waals surface area contributed by atoms with E-state index in [4.69, 9.17) is 20.9 Å². The van der Waals surface area contributed by atoms with Crippen molar-refractivity contribution in [1.82, 2.24) is 19.8 Å². The van der Waals surface area contributed by atoms with Crippen LogP contribution in [0.15, 0.2) is 36.4 Å². The Morgan fingerprint density at radius 2 is 1.84 bits per heavy atom. The SMILES string of the molecule is CCOC(=O)CN(C)CC(C)(C(=O)N(C)CC)c1ccc2[nH]c(CNc3ccc(C(=N)N)cc3)nc2c1C. The number of esters is 1. The zero-order chi connectivity index (χ0) is 28.0. The summed E-state index contributed by atoms with van der Waals surface area (Å²) < 4.78 is 5.11. The minimum atomic E-state index is -0.903. The van der Waals surface area contributed by atoms with Crippen LogP contribution in [0.3, 0.4) is 0 Å². The number of likely N-dealkylation sites (N-methyl/N-ethyl adjacent to an activating group) is 2. The lowest BCUT2D eigenvalue weighted by atomic mass is 9.78. The van der Waals surface area contributed by atoms with Crippen molar-refractivity contribution >= 4 is 34.4 Å². The smallest absolute Gasteiger partial charge is 0.320 e. The van der Waals surface area contributed by atoms with Crippen molar-refractivity contribution < 1.29 is 14.3 Å². The molecule has 1 amide bonds. The summed E-state index contributed by atoms with van der Waals surface area (Å²) in [5.74, 6) is 0.447. The Hall–Kier alpha value is -3.92. The lowest BCUT2D eigenvalue weighted by molar-refractivity contribution is -0.145. The maximum absolute atomic E-state index is 13.7. The van der Waals surface area contributed by atoms with E-state index >= 15 is 0 Å². The molecule has 10 heteroatoms. The normalized spacial score (nSPS) is 12.8. The minimum absolute atomic E-state index is 0.0235. The molecule has 1 heterocycles. The van der Waals surface area contributed by atoms with Crippen molar-refractivity contribution in [3.05, 3.63) is 58.9 Å². The molecule has 204 valence electrons. The minimum Gasteiger partial charge on any atom is -0.465 e. The molecule has 0 aliphatic heterocycles. The molecule has 0 saturated carbocycles. The number of benzene rings is 2. The van der Waals surface area contributed by atoms with Gasteiger partial charge in [0.15, 0.2) is 0 Å². The number of amides is 1. The number of aryl methyl sites for hydroxylation is 1. The number of ether oxygens (including phenoxy) is 1. The molecule has 1 atom stereocenters. The average molecular weight is 522 g/mol. The third-order valence-corrected chi connectivity index (χ3v) is 6.79. The fourth-order valence-electron chi connectivity index (χ4n) is 4.75. The number of nitrogens with one attached hydrogen (secondary N) is 3. The molecule has 2 aromatic carbocycles. The number of carbonyl (C=O) groups is 2. The maximum Gasteiger partial charge on any atom is 0.320 e. The van der Waals surface area contributed by atoms with E-state index in [9.17, 15) is 9.59 Å². The molecule has 0 bridgehead atoms. The highest BCUT2D eigenvalue weighted by Gasteiger charge is 2.40. The number of amidine groups is 1. The molecule has 1 unspecified atom stereocenters. The molecular weight excluding hydrogens is 482 g/mol. The predicted octanol–water partition coefficient (Wildman–Crippen LogP) is 3.00. The van der Waals surface area contributed by atoms with Crippen molar-refractivity contribution in [2.75, 3.05) is 45.7 Å². The summed E-state index contributed by atoms with van der Waals surface area (Å²) in [6, 6.07) is 11.3. The Balaban J connectivity index is 1.90. The molecule has 0 aliphatic carbocycles. The number of nitrogen functional groups attached to an aromatic ring is 1. The number of hydrogen-bond acceptors (Lipinski definition) is 7. The molecule has 0 radical (unpaired) electrons. The Morgan fingerprint density at radius 3 is 2.45 bits per heavy atom. The van der Waals surface area contributed by atoms with Gasteiger partial charge in [-0.15, -0.1) is 0 Å². The monoisotopic (exact) mass is 521 g/mol. The summed E-state index contributed by atoms with van der Waals surface area (Å²) in [6.45, 7) is 9.43. The van der Waals surface area contributed by atoms with E-state index in [1.807, 2.05) is 57.0 Å². The molecule has 3 rings (SSSR count). The summed E-state index contributed by atoms with van der Waals surface area (Å²) in [4.78, 5) is 37.5. The predicted molar refractivity (Wildman–Crippen MR) is 150 cm³/mol. The van der Waals surface area contributed by atoms with Crippen LogP contribution in [0, 0.1) is 12.3 Å². The number of aromatic nitrogens is 2. The van der Waals surface area contributed by atoms with Gasteiger partial charge in [-0.2, -0.15) is 0 Å². The van der Waals surface area contributed by atoms with Crippen molar-refractivity contribution in [2.24, 2.45) is 5.73 Å². The van der Waals surface area contributed by atoms with Gasteiger partial charge in [0.1, 0.15) is 11.7 Å². The van der Waals surface area contributed by atoms with Gasteiger partial charge in [-0.3, -0.25) is 19.9 Å². The van der Waals surface area contributed by atoms with E-state index in [0.717, 1.165) is 33.7 Å². The van der Waals surface area contributed by atoms with E-state index in [2.05, 4.69) is 10.3 Å². The zero-order valence-corrected chi connectivity index (χ0v) is 23.1. The number of nitrogens with zero attached hydrogens (tertiary/aromatic N) is 3. The number of H-pyrrole nitrogens is 1. The van der Waals surface area contributed by atoms with Gasteiger partial charge in [-0.05, 0) is 76.2 Å². The van der Waals surface area contributed by atoms with Gasteiger partial charge in [0.05, 0.1) is 36.1 Å². The van der Waals surface area contributed by atoms with Crippen LogP contribution in [0.5, 0.6) is 0 Å². The maximum atomic E-state index is 13.7. The highest BCUT2D eigenvalue weighted by atomic mass is 16.5. The van der Waals surface area contributed by atoms with Crippen LogP contribution >= 0.6 is 0 Å². The van der Waals surface area contributed by atoms with Crippen LogP contribution < -0.4 is 11.1 Å². The summed E-state index contributed by atoms with van der Waals surface area (Å²) >= 11 is 0. The summed E-state index contributed by atoms with van der Waals surface area (Å²) in [7, 11) is 3.62. The van der Waals surface area contributed by atoms with Crippen LogP contribution in [0.25, 0.3) is 11.0 Å². The highest BCUT2D eigenvalue weighted by molar-refractivity contribution is 5.95. The molecule has 0 spiro atoms. The average Bonchev–Trinajstić information content (AvgIpc) is 3.31. The van der Waals surface area contributed by atoms with Crippen LogP contribution in [0.4, 0.5) is 5.69 Å². The van der Waals surface area contributed by atoms with E-state index in [1.54, 1.807) is 31.0 Å². The molecular formula is C28H39N7O3. The molecule has 1 aromatic heterocycles. The number of anilines is 1. The second-order valence-electron chi connectivity index (χ2n) is 9.79. The molecule has 10 nitrogen and oxygen atoms in total. The van der Waals surface area contributed by atoms with Crippen molar-refractivity contribution in [2.45, 2.75) is 39.7 Å². The second-order valence-corrected chi connectivity index (χ2v) is 9.79. The topological polar surface area (TPSA) is 140 Å². The van der Waals surface area contributed by atoms with E-state index in [1.165, 1.54) is 0 Å². The van der Waals surface area contributed by atoms with Gasteiger partial charge >= 0.3 is 5.97 Å². The van der Waals surface area contributed by atoms with E-state index < -0.39 is 5.41 Å². The number of imidazole rings is 1. The zero-order valence-electron chi connectivity index (χ0n) is 23.1. The quantitative estimate of drug-likeness (QED) is 0.163. The Bertz CT molecular complexity index is 1300. The summed E-state index contributed by atoms with van der Waals surface area (Å²) in [6.07, 6.45) is 0. The Labute approximate surface area is 224 Å². The number of nitrogens with two attached hydrogens (primary N) is 1. The van der Waals surface area contributed by atoms with E-state index in [-0.39, 0.29) is 24.3 Å². The Kier molecular flexibility index (Phi) is 9.11. The molecule has 3 aromatic rings. The number of hydrogen-bond donors (Lipinski definition) is 4. The fourth-order valence-corrected chi connectivity index (χ4v) is 4.75. The highest BCUT2D eigenvalue weighted by Crippen LogP contribution is 2.33. The van der Waals surface area contributed by atoms with Gasteiger partial charge in [-0.25, -0.2) is 4.98 Å². The lowest BCUT2D eigenvalue weighted by Crippen LogP contribution is -2.50. The lowest BCUT2D eigenvalue weighted by Gasteiger charge is -2.36. The van der Waals surface area contributed by atoms with Crippen LogP contribution in [-0.2, 0) is 26.3 Å². The number of rotatable bonds is 12. The van der Waals surface area contributed by atoms with Gasteiger partial charge in [-0.1, -0.05) is 6.07 Å². The molecule has 38 heavy (non-hydrogen) atoms. The first-order valence-electron chi connectivity index (χ1n) is 12.8. The first-order chi connectivity index (χ1) is 18.0. The molecule has 5 N–H and O–H groups in total. The number of aromatic amines is 1. The molecule has 0 fully saturated rings. The summed E-state index contributed by atoms with van der Waals surface area (Å²) in [5, 5.41) is 10.9. The van der Waals surface area contributed by atoms with Gasteiger partial charge in [0, 0.05) is 31.4 Å². The van der Waals surface area contributed by atoms with Gasteiger partial charge in [0.2, 0.25) is 5.91 Å². The van der Waals surface area contributed by atoms with Crippen LogP contribution in [0.2, 0.25) is 0 Å². The van der Waals surface area contributed by atoms with Crippen molar-refractivity contribution in [3.63, 3.8) is 0 Å². The Morgan fingerprint density at radius 1 is 1.16 bits per heavy atom. The molecule has 0 aliphatic rings. The third-order valence-electron chi connectivity index (χ3n) is 6.79. The van der Waals surface area contributed by atoms with E-state index in [0.29, 0.717) is 31.8 Å². The first-order valence-corrected chi connectivity index (χ1v) is 12.8. The number of fused-ring (bicyclic) bond motifs is 1. The van der Waals surface area contributed by atoms with Crippen LogP contribution in [0.1, 0.15) is 43.3 Å². The summed E-state index contributed by atoms with van der Waals surface area (Å²) in [5.41, 5.74) is 9.66. The fraction of sp³-hybridized carbons (Fsp3) is 0.429. The molecule has 0 saturated heterocycles. The standard InChI is InChI=1S/C28H39N7O3/c1-7-35(6)27(37)28(4,17-34(5)16-24(36)38-8-2)21-13-14-22-25(18(21)3)33-23(32-22)15-31-20-11-9-19(10-12-20)26(29)30/h9-14,31H,7-8,15-17H2,1-6H3,(H3,29,30)(H,32,33). The van der Waals surface area contributed by atoms with Crippen molar-refractivity contribution in [1.29, 1.82) is 5.41 Å². The largest absolute Gasteiger partial charge is 0.465 e. The second kappa shape index (κ2) is 12.1. The van der Waals surface area contributed by atoms with Crippen molar-refractivity contribution in [3.8, 4) is 0 Å². The number of carbonyl (C=O) groups excluding carboxylic acids is 2. The van der Waals surface area contributed by atoms with Crippen LogP contribution in [-0.4, -0.2) is 77.8 Å². The van der Waals surface area contributed by atoms with Gasteiger partial charge < -0.3 is 25.7 Å².